The van der Waals surface area contributed by atoms with E-state index in [2.05, 4.69) is 4.98 Å². The molecular formula is C22H16N2O4S2. The highest BCUT2D eigenvalue weighted by Gasteiger charge is 2.47. The van der Waals surface area contributed by atoms with Gasteiger partial charge in [-0.1, -0.05) is 23.5 Å². The molecule has 150 valence electrons. The highest BCUT2D eigenvalue weighted by atomic mass is 32.1. The molecule has 1 aromatic carbocycles. The second-order valence-electron chi connectivity index (χ2n) is 7.06. The Bertz CT molecular complexity index is 1330. The number of aromatic nitrogens is 1. The number of rotatable bonds is 4. The molecule has 0 spiro atoms. The van der Waals surface area contributed by atoms with Crippen molar-refractivity contribution in [2.45, 2.75) is 19.9 Å². The Morgan fingerprint density at radius 1 is 1.20 bits per heavy atom. The minimum absolute atomic E-state index is 0.00670. The zero-order valence-electron chi connectivity index (χ0n) is 16.1. The van der Waals surface area contributed by atoms with Crippen molar-refractivity contribution in [3.63, 3.8) is 0 Å². The lowest BCUT2D eigenvalue weighted by molar-refractivity contribution is -0.117. The number of amides is 1. The number of thiazole rings is 1. The molecule has 1 unspecified atom stereocenters. The van der Waals surface area contributed by atoms with E-state index in [1.54, 1.807) is 36.6 Å². The van der Waals surface area contributed by atoms with Crippen LogP contribution >= 0.6 is 22.7 Å². The van der Waals surface area contributed by atoms with Crippen LogP contribution in [-0.4, -0.2) is 21.8 Å². The number of nitrogens with zero attached hydrogens (tertiary/aromatic N) is 2. The Balaban J connectivity index is 1.68. The predicted octanol–water partition coefficient (Wildman–Crippen LogP) is 5.35. The molecule has 0 saturated heterocycles. The number of carbonyl (C=O) groups is 2. The average Bonchev–Trinajstić information content (AvgIpc) is 3.49. The average molecular weight is 437 g/mol. The van der Waals surface area contributed by atoms with Crippen molar-refractivity contribution in [1.82, 2.24) is 4.98 Å². The first-order chi connectivity index (χ1) is 14.4. The van der Waals surface area contributed by atoms with E-state index >= 15 is 0 Å². The van der Waals surface area contributed by atoms with Gasteiger partial charge in [0.2, 0.25) is 5.78 Å². The summed E-state index contributed by atoms with van der Waals surface area (Å²) in [5, 5.41) is 12.9. The number of hydrogen-bond acceptors (Lipinski definition) is 7. The third-order valence-electron chi connectivity index (χ3n) is 4.97. The first-order valence-corrected chi connectivity index (χ1v) is 10.9. The summed E-state index contributed by atoms with van der Waals surface area (Å²) in [4.78, 5) is 32.7. The molecule has 0 fully saturated rings. The van der Waals surface area contributed by atoms with Crippen molar-refractivity contribution in [3.05, 3.63) is 81.1 Å². The van der Waals surface area contributed by atoms with Gasteiger partial charge >= 0.3 is 0 Å². The van der Waals surface area contributed by atoms with Crippen LogP contribution in [0.15, 0.2) is 63.6 Å². The standard InChI is InChI=1S/C22H16N2O4S2/c1-11-5-7-13-16(10-11)30-22(23-13)24-18(14-8-6-12(2)28-14)17(20(26)21(24)27)19(25)15-4-3-9-29-15/h3-10,18,26H,1-2H3. The predicted molar refractivity (Wildman–Crippen MR) is 116 cm³/mol. The van der Waals surface area contributed by atoms with Gasteiger partial charge in [0.25, 0.3) is 5.91 Å². The molecule has 6 nitrogen and oxygen atoms in total. The summed E-state index contributed by atoms with van der Waals surface area (Å²) >= 11 is 2.59. The number of benzene rings is 1. The number of ketones is 1. The maximum Gasteiger partial charge on any atom is 0.296 e. The molecule has 0 bridgehead atoms. The molecule has 1 amide bonds. The van der Waals surface area contributed by atoms with Gasteiger partial charge in [0.15, 0.2) is 10.9 Å². The molecule has 4 heterocycles. The zero-order valence-corrected chi connectivity index (χ0v) is 17.7. The fourth-order valence-corrected chi connectivity index (χ4v) is 5.34. The lowest BCUT2D eigenvalue weighted by Gasteiger charge is -2.22. The van der Waals surface area contributed by atoms with Crippen LogP contribution in [0.3, 0.4) is 0 Å². The van der Waals surface area contributed by atoms with Crippen LogP contribution in [0.1, 0.15) is 32.8 Å². The van der Waals surface area contributed by atoms with Crippen molar-refractivity contribution in [1.29, 1.82) is 0 Å². The van der Waals surface area contributed by atoms with E-state index in [-0.39, 0.29) is 5.57 Å². The van der Waals surface area contributed by atoms with Crippen molar-refractivity contribution in [2.75, 3.05) is 4.90 Å². The number of thiophene rings is 1. The van der Waals surface area contributed by atoms with Crippen LogP contribution in [0.4, 0.5) is 5.13 Å². The van der Waals surface area contributed by atoms with E-state index in [4.69, 9.17) is 4.42 Å². The zero-order chi connectivity index (χ0) is 21.0. The van der Waals surface area contributed by atoms with Gasteiger partial charge in [0, 0.05) is 0 Å². The summed E-state index contributed by atoms with van der Waals surface area (Å²) in [5.74, 6) is -0.575. The summed E-state index contributed by atoms with van der Waals surface area (Å²) in [6, 6.07) is 11.9. The lowest BCUT2D eigenvalue weighted by Crippen LogP contribution is -2.30. The number of anilines is 1. The van der Waals surface area contributed by atoms with Gasteiger partial charge in [-0.15, -0.1) is 11.3 Å². The summed E-state index contributed by atoms with van der Waals surface area (Å²) in [6.07, 6.45) is 0. The molecule has 0 saturated carbocycles. The molecule has 1 N–H and O–H groups in total. The maximum atomic E-state index is 13.2. The number of fused-ring (bicyclic) bond motifs is 1. The Hall–Kier alpha value is -3.23. The Morgan fingerprint density at radius 2 is 2.03 bits per heavy atom. The normalized spacial score (nSPS) is 16.8. The third-order valence-corrected chi connectivity index (χ3v) is 6.85. The minimum Gasteiger partial charge on any atom is -0.503 e. The summed E-state index contributed by atoms with van der Waals surface area (Å²) in [7, 11) is 0. The molecule has 30 heavy (non-hydrogen) atoms. The van der Waals surface area contributed by atoms with Crippen LogP contribution in [0.25, 0.3) is 10.2 Å². The Labute approximate surface area is 179 Å². The fraction of sp³-hybridized carbons (Fsp3) is 0.136. The second kappa shape index (κ2) is 6.93. The van der Waals surface area contributed by atoms with Crippen LogP contribution in [0.2, 0.25) is 0 Å². The van der Waals surface area contributed by atoms with E-state index in [9.17, 15) is 14.7 Å². The van der Waals surface area contributed by atoms with Crippen molar-refractivity contribution < 1.29 is 19.1 Å². The van der Waals surface area contributed by atoms with E-state index in [0.717, 1.165) is 15.8 Å². The van der Waals surface area contributed by atoms with Crippen LogP contribution in [-0.2, 0) is 4.79 Å². The summed E-state index contributed by atoms with van der Waals surface area (Å²) in [5.41, 5.74) is 1.84. The molecule has 0 aliphatic carbocycles. The third kappa shape index (κ3) is 2.88. The molecule has 1 aliphatic heterocycles. The molecular weight excluding hydrogens is 420 g/mol. The Morgan fingerprint density at radius 3 is 2.73 bits per heavy atom. The van der Waals surface area contributed by atoms with Gasteiger partial charge in [-0.25, -0.2) is 4.98 Å². The maximum absolute atomic E-state index is 13.2. The molecule has 4 aromatic rings. The highest BCUT2D eigenvalue weighted by Crippen LogP contribution is 2.44. The van der Waals surface area contributed by atoms with Gasteiger partial charge in [0.05, 0.1) is 20.7 Å². The largest absolute Gasteiger partial charge is 0.503 e. The molecule has 5 rings (SSSR count). The molecule has 1 atom stereocenters. The molecule has 0 radical (unpaired) electrons. The summed E-state index contributed by atoms with van der Waals surface area (Å²) < 4.78 is 6.72. The van der Waals surface area contributed by atoms with E-state index in [1.807, 2.05) is 25.1 Å². The van der Waals surface area contributed by atoms with E-state index in [0.29, 0.717) is 21.5 Å². The molecule has 8 heteroatoms. The number of aliphatic hydroxyl groups is 1. The van der Waals surface area contributed by atoms with Gasteiger partial charge in [-0.05, 0) is 55.1 Å². The first-order valence-electron chi connectivity index (χ1n) is 9.22. The van der Waals surface area contributed by atoms with Crippen molar-refractivity contribution in [2.24, 2.45) is 0 Å². The molecule has 1 aliphatic rings. The van der Waals surface area contributed by atoms with E-state index < -0.39 is 23.5 Å². The SMILES string of the molecule is Cc1ccc2nc(N3C(=O)C(O)=C(C(=O)c4cccs4)C3c3ccc(C)o3)sc2c1. The second-order valence-corrected chi connectivity index (χ2v) is 9.02. The lowest BCUT2D eigenvalue weighted by atomic mass is 10.0. The fourth-order valence-electron chi connectivity index (χ4n) is 3.57. The number of aryl methyl sites for hydroxylation is 2. The number of Topliss-reactive ketones (excluding diaryl/α,β-unsaturated/α-hetero) is 1. The monoisotopic (exact) mass is 436 g/mol. The minimum atomic E-state index is -0.887. The van der Waals surface area contributed by atoms with Crippen LogP contribution in [0.5, 0.6) is 0 Å². The number of furan rings is 1. The summed E-state index contributed by atoms with van der Waals surface area (Å²) in [6.45, 7) is 3.77. The first kappa shape index (κ1) is 18.8. The van der Waals surface area contributed by atoms with E-state index in [1.165, 1.54) is 27.6 Å². The smallest absolute Gasteiger partial charge is 0.296 e. The highest BCUT2D eigenvalue weighted by molar-refractivity contribution is 7.22. The number of aliphatic hydroxyl groups excluding tert-OH is 1. The van der Waals surface area contributed by atoms with Gasteiger partial charge in [-0.2, -0.15) is 0 Å². The van der Waals surface area contributed by atoms with Crippen molar-refractivity contribution in [3.8, 4) is 0 Å². The van der Waals surface area contributed by atoms with Crippen LogP contribution in [0, 0.1) is 13.8 Å². The van der Waals surface area contributed by atoms with Gasteiger partial charge in [-0.3, -0.25) is 14.5 Å². The van der Waals surface area contributed by atoms with Gasteiger partial charge < -0.3 is 9.52 Å². The van der Waals surface area contributed by atoms with Gasteiger partial charge in [0.1, 0.15) is 17.6 Å². The quantitative estimate of drug-likeness (QED) is 0.436. The molecule has 3 aromatic heterocycles. The topological polar surface area (TPSA) is 83.6 Å². The Kier molecular flexibility index (Phi) is 4.34. The van der Waals surface area contributed by atoms with Crippen LogP contribution < -0.4 is 4.90 Å². The van der Waals surface area contributed by atoms with Crippen molar-refractivity contribution >= 4 is 49.7 Å². The number of carbonyl (C=O) groups excluding carboxylic acids is 2. The number of hydrogen-bond donors (Lipinski definition) is 1.